The Morgan fingerprint density at radius 2 is 2.19 bits per heavy atom. The molecule has 2 heterocycles. The SMILES string of the molecule is O=C(O)c1c(C(F)F)nc2c(F)cccn12. The van der Waals surface area contributed by atoms with Crippen molar-refractivity contribution in [2.75, 3.05) is 0 Å². The maximum Gasteiger partial charge on any atom is 0.355 e. The van der Waals surface area contributed by atoms with Crippen LogP contribution in [0.5, 0.6) is 0 Å². The van der Waals surface area contributed by atoms with Gasteiger partial charge in [0.25, 0.3) is 6.43 Å². The first-order valence-corrected chi connectivity index (χ1v) is 4.20. The standard InChI is InChI=1S/C9H5F3N2O2/c10-4-2-1-3-14-6(9(15)16)5(7(11)12)13-8(4)14/h1-3,7H,(H,15,16). The fourth-order valence-electron chi connectivity index (χ4n) is 1.42. The average Bonchev–Trinajstić information content (AvgIpc) is 2.58. The second-order valence-electron chi connectivity index (χ2n) is 3.00. The molecule has 1 N–H and O–H groups in total. The number of hydrogen-bond acceptors (Lipinski definition) is 2. The van der Waals surface area contributed by atoms with E-state index in [0.717, 1.165) is 10.5 Å². The number of imidazole rings is 1. The Labute approximate surface area is 87.0 Å². The van der Waals surface area contributed by atoms with Gasteiger partial charge in [0, 0.05) is 6.20 Å². The molecule has 0 aromatic carbocycles. The number of aromatic nitrogens is 2. The molecule has 4 nitrogen and oxygen atoms in total. The smallest absolute Gasteiger partial charge is 0.355 e. The summed E-state index contributed by atoms with van der Waals surface area (Å²) in [6.07, 6.45) is -1.90. The molecule has 0 fully saturated rings. The zero-order valence-electron chi connectivity index (χ0n) is 7.69. The summed E-state index contributed by atoms with van der Waals surface area (Å²) in [4.78, 5) is 14.1. The van der Waals surface area contributed by atoms with Crippen molar-refractivity contribution in [2.24, 2.45) is 0 Å². The lowest BCUT2D eigenvalue weighted by atomic mass is 10.3. The molecule has 7 heteroatoms. The van der Waals surface area contributed by atoms with E-state index in [4.69, 9.17) is 5.11 Å². The highest BCUT2D eigenvalue weighted by Gasteiger charge is 2.25. The molecule has 0 aliphatic rings. The van der Waals surface area contributed by atoms with E-state index in [1.54, 1.807) is 0 Å². The van der Waals surface area contributed by atoms with Gasteiger partial charge in [-0.15, -0.1) is 0 Å². The van der Waals surface area contributed by atoms with Crippen molar-refractivity contribution >= 4 is 11.6 Å². The molecule has 0 atom stereocenters. The molecule has 0 spiro atoms. The normalized spacial score (nSPS) is 11.2. The minimum Gasteiger partial charge on any atom is -0.476 e. The first kappa shape index (κ1) is 10.5. The van der Waals surface area contributed by atoms with Gasteiger partial charge < -0.3 is 5.11 Å². The van der Waals surface area contributed by atoms with E-state index in [0.29, 0.717) is 0 Å². The number of hydrogen-bond donors (Lipinski definition) is 1. The number of carboxylic acids is 1. The third kappa shape index (κ3) is 1.40. The Hall–Kier alpha value is -2.05. The summed E-state index contributed by atoms with van der Waals surface area (Å²) in [7, 11) is 0. The molecule has 0 unspecified atom stereocenters. The van der Waals surface area contributed by atoms with Crippen molar-refractivity contribution in [3.05, 3.63) is 35.5 Å². The molecule has 0 saturated carbocycles. The average molecular weight is 230 g/mol. The summed E-state index contributed by atoms with van der Waals surface area (Å²) in [5.74, 6) is -2.43. The number of carbonyl (C=O) groups is 1. The van der Waals surface area contributed by atoms with Crippen LogP contribution >= 0.6 is 0 Å². The number of nitrogens with zero attached hydrogens (tertiary/aromatic N) is 2. The van der Waals surface area contributed by atoms with Crippen molar-refractivity contribution in [3.63, 3.8) is 0 Å². The van der Waals surface area contributed by atoms with E-state index in [-0.39, 0.29) is 0 Å². The largest absolute Gasteiger partial charge is 0.476 e. The molecule has 0 bridgehead atoms. The molecule has 0 saturated heterocycles. The Kier molecular flexibility index (Phi) is 2.30. The predicted molar refractivity (Wildman–Crippen MR) is 47.1 cm³/mol. The van der Waals surface area contributed by atoms with Crippen LogP contribution in [0.1, 0.15) is 22.6 Å². The number of rotatable bonds is 2. The molecular formula is C9H5F3N2O2. The first-order chi connectivity index (χ1) is 7.52. The van der Waals surface area contributed by atoms with E-state index in [9.17, 15) is 18.0 Å². The molecule has 84 valence electrons. The molecule has 2 aromatic rings. The predicted octanol–water partition coefficient (Wildman–Crippen LogP) is 2.11. The van der Waals surface area contributed by atoms with Gasteiger partial charge in [-0.1, -0.05) is 0 Å². The Morgan fingerprint density at radius 1 is 1.50 bits per heavy atom. The molecular weight excluding hydrogens is 225 g/mol. The lowest BCUT2D eigenvalue weighted by molar-refractivity contribution is 0.0675. The minimum absolute atomic E-state index is 0.421. The molecule has 2 aromatic heterocycles. The van der Waals surface area contributed by atoms with Crippen LogP contribution in [-0.2, 0) is 0 Å². The summed E-state index contributed by atoms with van der Waals surface area (Å²) >= 11 is 0. The van der Waals surface area contributed by atoms with Gasteiger partial charge in [-0.2, -0.15) is 0 Å². The summed E-state index contributed by atoms with van der Waals surface area (Å²) in [6, 6.07) is 2.23. The highest BCUT2D eigenvalue weighted by atomic mass is 19.3. The molecule has 0 aliphatic heterocycles. The Bertz CT molecular complexity index is 565. The fourth-order valence-corrected chi connectivity index (χ4v) is 1.42. The van der Waals surface area contributed by atoms with E-state index >= 15 is 0 Å². The second-order valence-corrected chi connectivity index (χ2v) is 3.00. The van der Waals surface area contributed by atoms with Gasteiger partial charge >= 0.3 is 5.97 Å². The summed E-state index contributed by atoms with van der Waals surface area (Å²) < 4.78 is 39.0. The molecule has 2 rings (SSSR count). The monoisotopic (exact) mass is 230 g/mol. The first-order valence-electron chi connectivity index (χ1n) is 4.20. The number of alkyl halides is 2. The van der Waals surface area contributed by atoms with Crippen LogP contribution in [0.25, 0.3) is 5.65 Å². The number of halogens is 3. The summed E-state index contributed by atoms with van der Waals surface area (Å²) in [6.45, 7) is 0. The van der Waals surface area contributed by atoms with Crippen molar-refractivity contribution in [2.45, 2.75) is 6.43 Å². The van der Waals surface area contributed by atoms with Gasteiger partial charge in [0.05, 0.1) is 0 Å². The molecule has 16 heavy (non-hydrogen) atoms. The van der Waals surface area contributed by atoms with Gasteiger partial charge in [-0.3, -0.25) is 4.40 Å². The topological polar surface area (TPSA) is 54.6 Å². The number of fused-ring (bicyclic) bond motifs is 1. The van der Waals surface area contributed by atoms with Gasteiger partial charge in [-0.25, -0.2) is 22.9 Å². The Morgan fingerprint density at radius 3 is 2.75 bits per heavy atom. The van der Waals surface area contributed by atoms with Crippen LogP contribution in [0.15, 0.2) is 18.3 Å². The van der Waals surface area contributed by atoms with Crippen molar-refractivity contribution < 1.29 is 23.1 Å². The molecule has 0 aliphatic carbocycles. The maximum atomic E-state index is 13.2. The lowest BCUT2D eigenvalue weighted by Crippen LogP contribution is -2.05. The van der Waals surface area contributed by atoms with Crippen LogP contribution in [0, 0.1) is 5.82 Å². The highest BCUT2D eigenvalue weighted by Crippen LogP contribution is 2.24. The number of pyridine rings is 1. The van der Waals surface area contributed by atoms with E-state index in [1.165, 1.54) is 12.3 Å². The van der Waals surface area contributed by atoms with E-state index < -0.39 is 35.2 Å². The molecule has 0 radical (unpaired) electrons. The van der Waals surface area contributed by atoms with Crippen LogP contribution < -0.4 is 0 Å². The van der Waals surface area contributed by atoms with Crippen LogP contribution in [0.2, 0.25) is 0 Å². The fraction of sp³-hybridized carbons (Fsp3) is 0.111. The quantitative estimate of drug-likeness (QED) is 0.859. The molecule has 0 amide bonds. The minimum atomic E-state index is -3.06. The van der Waals surface area contributed by atoms with Crippen LogP contribution in [-0.4, -0.2) is 20.5 Å². The Balaban J connectivity index is 2.86. The van der Waals surface area contributed by atoms with Gasteiger partial charge in [0.15, 0.2) is 17.2 Å². The van der Waals surface area contributed by atoms with Crippen molar-refractivity contribution in [1.29, 1.82) is 0 Å². The van der Waals surface area contributed by atoms with Gasteiger partial charge in [0.2, 0.25) is 0 Å². The van der Waals surface area contributed by atoms with Gasteiger partial charge in [-0.05, 0) is 12.1 Å². The summed E-state index contributed by atoms with van der Waals surface area (Å²) in [5, 5.41) is 8.78. The zero-order valence-corrected chi connectivity index (χ0v) is 7.69. The second kappa shape index (κ2) is 3.51. The van der Waals surface area contributed by atoms with Gasteiger partial charge in [0.1, 0.15) is 5.69 Å². The third-order valence-corrected chi connectivity index (χ3v) is 2.04. The number of aromatic carboxylic acids is 1. The number of carboxylic acid groups (broad SMARTS) is 1. The highest BCUT2D eigenvalue weighted by molar-refractivity contribution is 5.88. The van der Waals surface area contributed by atoms with Crippen molar-refractivity contribution in [1.82, 2.24) is 9.38 Å². The van der Waals surface area contributed by atoms with Crippen LogP contribution in [0.4, 0.5) is 13.2 Å². The zero-order chi connectivity index (χ0) is 11.9. The summed E-state index contributed by atoms with van der Waals surface area (Å²) in [5.41, 5.74) is -2.07. The van der Waals surface area contributed by atoms with Crippen LogP contribution in [0.3, 0.4) is 0 Å². The maximum absolute atomic E-state index is 13.2. The lowest BCUT2D eigenvalue weighted by Gasteiger charge is -1.98. The van der Waals surface area contributed by atoms with Crippen molar-refractivity contribution in [3.8, 4) is 0 Å². The van der Waals surface area contributed by atoms with E-state index in [2.05, 4.69) is 4.98 Å². The third-order valence-electron chi connectivity index (χ3n) is 2.04. The van der Waals surface area contributed by atoms with E-state index in [1.807, 2.05) is 0 Å².